The van der Waals surface area contributed by atoms with E-state index in [0.29, 0.717) is 6.61 Å². The van der Waals surface area contributed by atoms with E-state index in [-0.39, 0.29) is 0 Å². The molecule has 0 atom stereocenters. The van der Waals surface area contributed by atoms with Crippen molar-refractivity contribution in [1.29, 1.82) is 0 Å². The maximum Gasteiger partial charge on any atom is 0.162 e. The third-order valence-electron chi connectivity index (χ3n) is 2.43. The molecule has 0 aromatic carbocycles. The molecule has 0 fully saturated rings. The summed E-state index contributed by atoms with van der Waals surface area (Å²) in [7, 11) is 3.57. The highest BCUT2D eigenvalue weighted by atomic mass is 16.5. The maximum atomic E-state index is 5.13. The maximum absolute atomic E-state index is 5.13. The molecule has 5 nitrogen and oxygen atoms in total. The predicted octanol–water partition coefficient (Wildman–Crippen LogP) is 1.39. The van der Waals surface area contributed by atoms with Crippen LogP contribution in [0.1, 0.15) is 17.0 Å². The Morgan fingerprint density at radius 2 is 2.41 bits per heavy atom. The molecule has 0 saturated heterocycles. The molecule has 0 aliphatic rings. The molecule has 2 heterocycles. The summed E-state index contributed by atoms with van der Waals surface area (Å²) < 4.78 is 12.2. The monoisotopic (exact) mass is 235 g/mol. The van der Waals surface area contributed by atoms with Crippen LogP contribution in [-0.4, -0.2) is 23.9 Å². The Balaban J connectivity index is 1.98. The Morgan fingerprint density at radius 3 is 3.18 bits per heavy atom. The van der Waals surface area contributed by atoms with Crippen LogP contribution in [0.3, 0.4) is 0 Å². The normalized spacial score (nSPS) is 10.9. The van der Waals surface area contributed by atoms with E-state index >= 15 is 0 Å². The molecule has 0 aliphatic carbocycles. The van der Waals surface area contributed by atoms with Gasteiger partial charge in [0.05, 0.1) is 6.54 Å². The van der Waals surface area contributed by atoms with Gasteiger partial charge in [0, 0.05) is 32.1 Å². The molecular weight excluding hydrogens is 218 g/mol. The average molecular weight is 235 g/mol. The van der Waals surface area contributed by atoms with Crippen LogP contribution < -0.4 is 5.32 Å². The van der Waals surface area contributed by atoms with Gasteiger partial charge in [-0.3, -0.25) is 0 Å². The Hall–Kier alpha value is -1.59. The van der Waals surface area contributed by atoms with E-state index in [9.17, 15) is 0 Å². The van der Waals surface area contributed by atoms with Gasteiger partial charge in [-0.1, -0.05) is 5.16 Å². The first-order valence-corrected chi connectivity index (χ1v) is 5.54. The van der Waals surface area contributed by atoms with Crippen LogP contribution in [-0.2, 0) is 24.4 Å². The number of aromatic nitrogens is 2. The van der Waals surface area contributed by atoms with E-state index in [1.165, 1.54) is 5.56 Å². The molecule has 2 rings (SSSR count). The van der Waals surface area contributed by atoms with Gasteiger partial charge in [-0.25, -0.2) is 0 Å². The quantitative estimate of drug-likeness (QED) is 0.822. The summed E-state index contributed by atoms with van der Waals surface area (Å²) in [6.07, 6.45) is 4.14. The van der Waals surface area contributed by atoms with Gasteiger partial charge >= 0.3 is 0 Å². The van der Waals surface area contributed by atoms with E-state index in [2.05, 4.69) is 27.3 Å². The number of ether oxygens (including phenoxy) is 1. The summed E-state index contributed by atoms with van der Waals surface area (Å²) in [5, 5.41) is 7.11. The van der Waals surface area contributed by atoms with Gasteiger partial charge in [0.2, 0.25) is 0 Å². The van der Waals surface area contributed by atoms with Gasteiger partial charge in [-0.05, 0) is 18.7 Å². The molecule has 0 spiro atoms. The Labute approximate surface area is 100 Å². The first kappa shape index (κ1) is 11.9. The second kappa shape index (κ2) is 5.65. The van der Waals surface area contributed by atoms with Gasteiger partial charge in [0.1, 0.15) is 12.3 Å². The molecule has 2 aromatic rings. The summed E-state index contributed by atoms with van der Waals surface area (Å²) in [6, 6.07) is 4.01. The lowest BCUT2D eigenvalue weighted by Gasteiger charge is -1.97. The van der Waals surface area contributed by atoms with E-state index in [1.807, 2.05) is 19.3 Å². The molecule has 0 aliphatic heterocycles. The topological polar surface area (TPSA) is 52.2 Å². The molecule has 92 valence electrons. The number of nitrogens with zero attached hydrogens (tertiary/aromatic N) is 2. The molecule has 0 amide bonds. The van der Waals surface area contributed by atoms with Crippen molar-refractivity contribution in [3.8, 4) is 0 Å². The number of nitrogens with one attached hydrogen (secondary N) is 1. The second-order valence-corrected chi connectivity index (χ2v) is 3.94. The second-order valence-electron chi connectivity index (χ2n) is 3.94. The SMILES string of the molecule is CNCc1ccn(Cc2cc(COC)on2)c1. The van der Waals surface area contributed by atoms with Crippen LogP contribution in [0.4, 0.5) is 0 Å². The first-order valence-electron chi connectivity index (χ1n) is 5.54. The summed E-state index contributed by atoms with van der Waals surface area (Å²) in [5.74, 6) is 0.755. The minimum atomic E-state index is 0.462. The van der Waals surface area contributed by atoms with Crippen LogP contribution in [0.15, 0.2) is 29.0 Å². The van der Waals surface area contributed by atoms with Crippen LogP contribution in [0.5, 0.6) is 0 Å². The molecule has 2 aromatic heterocycles. The lowest BCUT2D eigenvalue weighted by atomic mass is 10.3. The predicted molar refractivity (Wildman–Crippen MR) is 63.5 cm³/mol. The van der Waals surface area contributed by atoms with Crippen molar-refractivity contribution in [2.24, 2.45) is 0 Å². The Kier molecular flexibility index (Phi) is 3.95. The minimum Gasteiger partial charge on any atom is -0.377 e. The van der Waals surface area contributed by atoms with E-state index in [0.717, 1.165) is 24.5 Å². The van der Waals surface area contributed by atoms with E-state index in [4.69, 9.17) is 9.26 Å². The number of rotatable bonds is 6. The molecule has 0 unspecified atom stereocenters. The standard InChI is InChI=1S/C12H17N3O2/c1-13-6-10-3-4-15(7-10)8-11-5-12(9-16-2)17-14-11/h3-5,7,13H,6,8-9H2,1-2H3. The zero-order chi connectivity index (χ0) is 12.1. The van der Waals surface area contributed by atoms with Gasteiger partial charge < -0.3 is 19.1 Å². The Bertz CT molecular complexity index is 420. The van der Waals surface area contributed by atoms with E-state index in [1.54, 1.807) is 7.11 Å². The zero-order valence-corrected chi connectivity index (χ0v) is 10.1. The smallest absolute Gasteiger partial charge is 0.162 e. The Morgan fingerprint density at radius 1 is 1.53 bits per heavy atom. The molecule has 17 heavy (non-hydrogen) atoms. The van der Waals surface area contributed by atoms with Gasteiger partial charge in [-0.15, -0.1) is 0 Å². The van der Waals surface area contributed by atoms with Crippen molar-refractivity contribution in [2.45, 2.75) is 19.7 Å². The lowest BCUT2D eigenvalue weighted by Crippen LogP contribution is -2.04. The summed E-state index contributed by atoms with van der Waals surface area (Å²) in [6.45, 7) is 2.06. The highest BCUT2D eigenvalue weighted by molar-refractivity contribution is 5.12. The van der Waals surface area contributed by atoms with Crippen molar-refractivity contribution < 1.29 is 9.26 Å². The van der Waals surface area contributed by atoms with Crippen molar-refractivity contribution >= 4 is 0 Å². The van der Waals surface area contributed by atoms with Gasteiger partial charge in [0.25, 0.3) is 0 Å². The largest absolute Gasteiger partial charge is 0.377 e. The van der Waals surface area contributed by atoms with Gasteiger partial charge in [0.15, 0.2) is 5.76 Å². The first-order chi connectivity index (χ1) is 8.31. The molecule has 1 N–H and O–H groups in total. The van der Waals surface area contributed by atoms with Crippen molar-refractivity contribution in [3.63, 3.8) is 0 Å². The number of hydrogen-bond acceptors (Lipinski definition) is 4. The van der Waals surface area contributed by atoms with Crippen molar-refractivity contribution in [2.75, 3.05) is 14.2 Å². The van der Waals surface area contributed by atoms with Crippen LogP contribution in [0.2, 0.25) is 0 Å². The summed E-state index contributed by atoms with van der Waals surface area (Å²) in [4.78, 5) is 0. The van der Waals surface area contributed by atoms with Crippen LogP contribution in [0, 0.1) is 0 Å². The molecule has 0 radical (unpaired) electrons. The van der Waals surface area contributed by atoms with Crippen molar-refractivity contribution in [3.05, 3.63) is 41.5 Å². The molecular formula is C12H17N3O2. The van der Waals surface area contributed by atoms with E-state index < -0.39 is 0 Å². The third-order valence-corrected chi connectivity index (χ3v) is 2.43. The molecule has 0 bridgehead atoms. The number of hydrogen-bond donors (Lipinski definition) is 1. The lowest BCUT2D eigenvalue weighted by molar-refractivity contribution is 0.155. The van der Waals surface area contributed by atoms with Crippen LogP contribution in [0.25, 0.3) is 0 Å². The highest BCUT2D eigenvalue weighted by Crippen LogP contribution is 2.08. The summed E-state index contributed by atoms with van der Waals surface area (Å²) >= 11 is 0. The van der Waals surface area contributed by atoms with Gasteiger partial charge in [-0.2, -0.15) is 0 Å². The zero-order valence-electron chi connectivity index (χ0n) is 10.1. The average Bonchev–Trinajstić information content (AvgIpc) is 2.91. The minimum absolute atomic E-state index is 0.462. The van der Waals surface area contributed by atoms with Crippen LogP contribution >= 0.6 is 0 Å². The number of methoxy groups -OCH3 is 1. The van der Waals surface area contributed by atoms with Crippen molar-refractivity contribution in [1.82, 2.24) is 15.0 Å². The molecule has 0 saturated carbocycles. The third kappa shape index (κ3) is 3.18. The fraction of sp³-hybridized carbons (Fsp3) is 0.417. The fourth-order valence-electron chi connectivity index (χ4n) is 1.73. The highest BCUT2D eigenvalue weighted by Gasteiger charge is 2.04. The fourth-order valence-corrected chi connectivity index (χ4v) is 1.73. The summed E-state index contributed by atoms with van der Waals surface area (Å²) in [5.41, 5.74) is 2.16. The molecule has 5 heteroatoms.